The molecule has 4 heteroatoms. The second-order valence-electron chi connectivity index (χ2n) is 4.04. The van der Waals surface area contributed by atoms with Crippen molar-refractivity contribution in [3.8, 4) is 0 Å². The van der Waals surface area contributed by atoms with Crippen molar-refractivity contribution in [3.05, 3.63) is 34.1 Å². The standard InChI is InChI=1S/C12H17BrFNO/c1-3-7(2)12(16)11(15)10-8(13)5-4-6-9(10)14/h4-7,11-12,16H,3,15H2,1-2H3/t7?,11-,12+/m1/s1. The van der Waals surface area contributed by atoms with Gasteiger partial charge in [0.05, 0.1) is 12.1 Å². The van der Waals surface area contributed by atoms with Gasteiger partial charge >= 0.3 is 0 Å². The third-order valence-electron chi connectivity index (χ3n) is 2.93. The minimum atomic E-state index is -0.738. The fourth-order valence-corrected chi connectivity index (χ4v) is 2.20. The Morgan fingerprint density at radius 3 is 2.62 bits per heavy atom. The summed E-state index contributed by atoms with van der Waals surface area (Å²) in [5.41, 5.74) is 6.24. The molecule has 3 N–H and O–H groups in total. The Balaban J connectivity index is 3.00. The largest absolute Gasteiger partial charge is 0.391 e. The summed E-state index contributed by atoms with van der Waals surface area (Å²) < 4.78 is 14.2. The maximum atomic E-state index is 13.6. The van der Waals surface area contributed by atoms with E-state index in [1.54, 1.807) is 12.1 Å². The molecule has 0 aromatic heterocycles. The highest BCUT2D eigenvalue weighted by atomic mass is 79.9. The summed E-state index contributed by atoms with van der Waals surface area (Å²) in [5, 5.41) is 9.98. The second-order valence-corrected chi connectivity index (χ2v) is 4.89. The number of rotatable bonds is 4. The van der Waals surface area contributed by atoms with Crippen molar-refractivity contribution in [1.29, 1.82) is 0 Å². The number of benzene rings is 1. The van der Waals surface area contributed by atoms with E-state index >= 15 is 0 Å². The van der Waals surface area contributed by atoms with E-state index in [1.165, 1.54) is 6.07 Å². The van der Waals surface area contributed by atoms with Crippen LogP contribution in [-0.4, -0.2) is 11.2 Å². The summed E-state index contributed by atoms with van der Waals surface area (Å²) in [6.45, 7) is 3.87. The molecule has 0 aliphatic heterocycles. The van der Waals surface area contributed by atoms with Gasteiger partial charge in [0.15, 0.2) is 0 Å². The van der Waals surface area contributed by atoms with Gasteiger partial charge in [0.1, 0.15) is 5.82 Å². The first-order valence-electron chi connectivity index (χ1n) is 5.36. The van der Waals surface area contributed by atoms with Gasteiger partial charge in [-0.15, -0.1) is 0 Å². The van der Waals surface area contributed by atoms with E-state index in [4.69, 9.17) is 5.73 Å². The lowest BCUT2D eigenvalue weighted by Gasteiger charge is -2.25. The van der Waals surface area contributed by atoms with Crippen molar-refractivity contribution in [2.75, 3.05) is 0 Å². The van der Waals surface area contributed by atoms with E-state index in [0.717, 1.165) is 6.42 Å². The van der Waals surface area contributed by atoms with Gasteiger partial charge in [-0.2, -0.15) is 0 Å². The van der Waals surface area contributed by atoms with Crippen LogP contribution in [0.3, 0.4) is 0 Å². The van der Waals surface area contributed by atoms with E-state index in [1.807, 2.05) is 13.8 Å². The van der Waals surface area contributed by atoms with Crippen molar-refractivity contribution < 1.29 is 9.50 Å². The molecule has 0 amide bonds. The molecule has 0 fully saturated rings. The highest BCUT2D eigenvalue weighted by Crippen LogP contribution is 2.29. The van der Waals surface area contributed by atoms with Crippen molar-refractivity contribution in [2.24, 2.45) is 11.7 Å². The van der Waals surface area contributed by atoms with Crippen LogP contribution in [0, 0.1) is 11.7 Å². The fourth-order valence-electron chi connectivity index (χ4n) is 1.60. The molecule has 0 aliphatic carbocycles. The highest BCUT2D eigenvalue weighted by Gasteiger charge is 2.25. The van der Waals surface area contributed by atoms with E-state index in [9.17, 15) is 9.50 Å². The first kappa shape index (κ1) is 13.6. The van der Waals surface area contributed by atoms with Crippen LogP contribution in [0.5, 0.6) is 0 Å². The Hall–Kier alpha value is -0.450. The molecule has 3 atom stereocenters. The van der Waals surface area contributed by atoms with Gasteiger partial charge < -0.3 is 10.8 Å². The molecule has 0 heterocycles. The van der Waals surface area contributed by atoms with Crippen molar-refractivity contribution in [1.82, 2.24) is 0 Å². The first-order valence-corrected chi connectivity index (χ1v) is 6.15. The number of hydrogen-bond acceptors (Lipinski definition) is 2. The minimum absolute atomic E-state index is 0.0431. The first-order chi connectivity index (χ1) is 7.49. The van der Waals surface area contributed by atoms with Crippen LogP contribution in [0.2, 0.25) is 0 Å². The molecule has 1 unspecified atom stereocenters. The van der Waals surface area contributed by atoms with E-state index in [-0.39, 0.29) is 11.7 Å². The third kappa shape index (κ3) is 2.81. The Kier molecular flexibility index (Phi) is 4.89. The van der Waals surface area contributed by atoms with Gasteiger partial charge in [-0.1, -0.05) is 42.3 Å². The molecule has 0 saturated carbocycles. The molecule has 0 bridgehead atoms. The zero-order valence-electron chi connectivity index (χ0n) is 9.45. The lowest BCUT2D eigenvalue weighted by atomic mass is 9.91. The van der Waals surface area contributed by atoms with Gasteiger partial charge in [-0.05, 0) is 18.1 Å². The summed E-state index contributed by atoms with van der Waals surface area (Å²) in [6, 6.07) is 3.97. The van der Waals surface area contributed by atoms with Crippen LogP contribution in [0.1, 0.15) is 31.9 Å². The average Bonchev–Trinajstić information content (AvgIpc) is 2.26. The molecule has 0 spiro atoms. The number of hydrogen-bond donors (Lipinski definition) is 2. The molecule has 0 saturated heterocycles. The predicted octanol–water partition coefficient (Wildman–Crippen LogP) is 3.00. The predicted molar refractivity (Wildman–Crippen MR) is 66.5 cm³/mol. The molecule has 0 aliphatic rings. The lowest BCUT2D eigenvalue weighted by Crippen LogP contribution is -2.32. The summed E-state index contributed by atoms with van der Waals surface area (Å²) in [4.78, 5) is 0. The van der Waals surface area contributed by atoms with Gasteiger partial charge in [-0.3, -0.25) is 0 Å². The summed E-state index contributed by atoms with van der Waals surface area (Å²) >= 11 is 3.26. The molecule has 2 nitrogen and oxygen atoms in total. The zero-order chi connectivity index (χ0) is 12.3. The molecular formula is C12H17BrFNO. The number of aliphatic hydroxyl groups is 1. The monoisotopic (exact) mass is 289 g/mol. The van der Waals surface area contributed by atoms with Crippen molar-refractivity contribution in [3.63, 3.8) is 0 Å². The van der Waals surface area contributed by atoms with Gasteiger partial charge in [-0.25, -0.2) is 4.39 Å². The highest BCUT2D eigenvalue weighted by molar-refractivity contribution is 9.10. The normalized spacial score (nSPS) is 16.9. The van der Waals surface area contributed by atoms with Gasteiger partial charge in [0, 0.05) is 10.0 Å². The molecule has 1 rings (SSSR count). The Bertz CT molecular complexity index is 339. The van der Waals surface area contributed by atoms with Crippen LogP contribution >= 0.6 is 15.9 Å². The Morgan fingerprint density at radius 2 is 2.12 bits per heavy atom. The minimum Gasteiger partial charge on any atom is -0.391 e. The third-order valence-corrected chi connectivity index (χ3v) is 3.62. The van der Waals surface area contributed by atoms with Crippen LogP contribution in [0.25, 0.3) is 0 Å². The average molecular weight is 290 g/mol. The molecule has 1 aromatic carbocycles. The van der Waals surface area contributed by atoms with Gasteiger partial charge in [0.2, 0.25) is 0 Å². The molecule has 90 valence electrons. The van der Waals surface area contributed by atoms with Crippen LogP contribution in [0.4, 0.5) is 4.39 Å². The maximum Gasteiger partial charge on any atom is 0.129 e. The van der Waals surface area contributed by atoms with E-state index < -0.39 is 12.1 Å². The topological polar surface area (TPSA) is 46.2 Å². The second kappa shape index (κ2) is 5.75. The van der Waals surface area contributed by atoms with Crippen molar-refractivity contribution in [2.45, 2.75) is 32.4 Å². The maximum absolute atomic E-state index is 13.6. The smallest absolute Gasteiger partial charge is 0.129 e. The van der Waals surface area contributed by atoms with Crippen molar-refractivity contribution >= 4 is 15.9 Å². The lowest BCUT2D eigenvalue weighted by molar-refractivity contribution is 0.0865. The summed E-state index contributed by atoms with van der Waals surface area (Å²) in [7, 11) is 0. The summed E-state index contributed by atoms with van der Waals surface area (Å²) in [5.74, 6) is -0.342. The van der Waals surface area contributed by atoms with E-state index in [2.05, 4.69) is 15.9 Å². The SMILES string of the molecule is CCC(C)[C@H](O)[C@H](N)c1c(F)cccc1Br. The number of halogens is 2. The zero-order valence-corrected chi connectivity index (χ0v) is 11.0. The van der Waals surface area contributed by atoms with Crippen LogP contribution in [-0.2, 0) is 0 Å². The molecular weight excluding hydrogens is 273 g/mol. The van der Waals surface area contributed by atoms with Gasteiger partial charge in [0.25, 0.3) is 0 Å². The quantitative estimate of drug-likeness (QED) is 0.895. The Morgan fingerprint density at radius 1 is 1.50 bits per heavy atom. The fraction of sp³-hybridized carbons (Fsp3) is 0.500. The van der Waals surface area contributed by atoms with Crippen LogP contribution in [0.15, 0.2) is 22.7 Å². The number of nitrogens with two attached hydrogens (primary N) is 1. The molecule has 1 aromatic rings. The Labute approximate surface area is 104 Å². The number of aliphatic hydroxyl groups excluding tert-OH is 1. The summed E-state index contributed by atoms with van der Waals surface area (Å²) in [6.07, 6.45) is 0.0687. The van der Waals surface area contributed by atoms with E-state index in [0.29, 0.717) is 10.0 Å². The molecule has 16 heavy (non-hydrogen) atoms. The van der Waals surface area contributed by atoms with Crippen LogP contribution < -0.4 is 5.73 Å². The molecule has 0 radical (unpaired) electrons.